The van der Waals surface area contributed by atoms with Crippen LogP contribution in [0.15, 0.2) is 24.3 Å². The van der Waals surface area contributed by atoms with Crippen molar-refractivity contribution in [1.82, 2.24) is 0 Å². The van der Waals surface area contributed by atoms with Crippen LogP contribution in [0.2, 0.25) is 0 Å². The molecule has 21 heavy (non-hydrogen) atoms. The fourth-order valence-electron chi connectivity index (χ4n) is 3.79. The number of halogens is 1. The molecule has 0 amide bonds. The number of rotatable bonds is 5. The molecule has 0 aliphatic heterocycles. The van der Waals surface area contributed by atoms with Crippen LogP contribution in [0.3, 0.4) is 0 Å². The highest BCUT2D eigenvalue weighted by Gasteiger charge is 2.35. The van der Waals surface area contributed by atoms with Gasteiger partial charge in [0.15, 0.2) is 0 Å². The van der Waals surface area contributed by atoms with Gasteiger partial charge in [-0.15, -0.1) is 0 Å². The van der Waals surface area contributed by atoms with E-state index in [1.165, 1.54) is 38.2 Å². The number of hydrogen-bond acceptors (Lipinski definition) is 2. The second kappa shape index (κ2) is 7.26. The normalized spacial score (nSPS) is 26.4. The maximum atomic E-state index is 13.5. The second-order valence-corrected chi connectivity index (χ2v) is 6.55. The molecule has 1 aromatic carbocycles. The monoisotopic (exact) mass is 292 g/mol. The number of hydrogen-bond donors (Lipinski definition) is 1. The lowest BCUT2D eigenvalue weighted by atomic mass is 9.87. The van der Waals surface area contributed by atoms with Crippen molar-refractivity contribution in [2.45, 2.75) is 57.4 Å². The van der Waals surface area contributed by atoms with Gasteiger partial charge in [0, 0.05) is 19.3 Å². The van der Waals surface area contributed by atoms with Crippen LogP contribution < -0.4 is 10.6 Å². The summed E-state index contributed by atoms with van der Waals surface area (Å²) in [5.74, 6) is 0.660. The van der Waals surface area contributed by atoms with Gasteiger partial charge in [-0.2, -0.15) is 0 Å². The SMILES string of the molecule is CCCC1CCCC(CN)(N(C)c2cccc(F)c2)CC1. The Morgan fingerprint density at radius 1 is 1.33 bits per heavy atom. The van der Waals surface area contributed by atoms with Crippen LogP contribution in [0.1, 0.15) is 51.9 Å². The predicted octanol–water partition coefficient (Wildman–Crippen LogP) is 4.34. The van der Waals surface area contributed by atoms with Crippen LogP contribution in [0.5, 0.6) is 0 Å². The zero-order chi connectivity index (χ0) is 15.3. The first kappa shape index (κ1) is 16.3. The minimum Gasteiger partial charge on any atom is -0.368 e. The van der Waals surface area contributed by atoms with Crippen LogP contribution >= 0.6 is 0 Å². The van der Waals surface area contributed by atoms with Gasteiger partial charge in [-0.3, -0.25) is 0 Å². The standard InChI is InChI=1S/C18H29FN2/c1-3-6-15-7-5-11-18(14-20,12-10-15)21(2)17-9-4-8-16(19)13-17/h4,8-9,13,15H,3,5-7,10-12,14,20H2,1-2H3. The van der Waals surface area contributed by atoms with Crippen LogP contribution in [0, 0.1) is 11.7 Å². The minimum atomic E-state index is -0.177. The van der Waals surface area contributed by atoms with Crippen molar-refractivity contribution in [2.24, 2.45) is 11.7 Å². The van der Waals surface area contributed by atoms with Crippen molar-refractivity contribution >= 4 is 5.69 Å². The Labute approximate surface area is 128 Å². The van der Waals surface area contributed by atoms with E-state index < -0.39 is 0 Å². The summed E-state index contributed by atoms with van der Waals surface area (Å²) in [5, 5.41) is 0. The molecule has 0 spiro atoms. The van der Waals surface area contributed by atoms with Gasteiger partial charge in [0.1, 0.15) is 5.82 Å². The zero-order valence-electron chi connectivity index (χ0n) is 13.4. The van der Waals surface area contributed by atoms with Gasteiger partial charge in [0.05, 0.1) is 5.54 Å². The van der Waals surface area contributed by atoms with Crippen molar-refractivity contribution in [3.05, 3.63) is 30.1 Å². The molecular weight excluding hydrogens is 263 g/mol. The Kier molecular flexibility index (Phi) is 5.63. The Morgan fingerprint density at radius 3 is 2.81 bits per heavy atom. The molecule has 2 nitrogen and oxygen atoms in total. The summed E-state index contributed by atoms with van der Waals surface area (Å²) in [5.41, 5.74) is 7.09. The molecule has 2 atom stereocenters. The molecule has 0 heterocycles. The lowest BCUT2D eigenvalue weighted by Gasteiger charge is -2.42. The van der Waals surface area contributed by atoms with E-state index >= 15 is 0 Å². The highest BCUT2D eigenvalue weighted by molar-refractivity contribution is 5.48. The molecule has 0 saturated heterocycles. The van der Waals surface area contributed by atoms with Crippen molar-refractivity contribution in [3.8, 4) is 0 Å². The van der Waals surface area contributed by atoms with Crippen molar-refractivity contribution in [3.63, 3.8) is 0 Å². The highest BCUT2D eigenvalue weighted by Crippen LogP contribution is 2.37. The smallest absolute Gasteiger partial charge is 0.125 e. The van der Waals surface area contributed by atoms with Gasteiger partial charge in [0.2, 0.25) is 0 Å². The third kappa shape index (κ3) is 3.76. The van der Waals surface area contributed by atoms with Crippen LogP contribution in [-0.4, -0.2) is 19.1 Å². The maximum absolute atomic E-state index is 13.5. The zero-order valence-corrected chi connectivity index (χ0v) is 13.4. The summed E-state index contributed by atoms with van der Waals surface area (Å²) < 4.78 is 13.5. The van der Waals surface area contributed by atoms with E-state index in [0.717, 1.165) is 24.4 Å². The molecule has 0 bridgehead atoms. The molecule has 1 fully saturated rings. The molecular formula is C18H29FN2. The maximum Gasteiger partial charge on any atom is 0.125 e. The van der Waals surface area contributed by atoms with Crippen LogP contribution in [0.25, 0.3) is 0 Å². The average Bonchev–Trinajstić information content (AvgIpc) is 2.70. The first-order valence-electron chi connectivity index (χ1n) is 8.31. The first-order valence-corrected chi connectivity index (χ1v) is 8.31. The van der Waals surface area contributed by atoms with Crippen LogP contribution in [-0.2, 0) is 0 Å². The molecule has 1 aliphatic carbocycles. The Balaban J connectivity index is 2.16. The number of benzene rings is 1. The van der Waals surface area contributed by atoms with E-state index in [1.807, 2.05) is 6.07 Å². The van der Waals surface area contributed by atoms with Crippen molar-refractivity contribution in [2.75, 3.05) is 18.5 Å². The quantitative estimate of drug-likeness (QED) is 0.818. The average molecular weight is 292 g/mol. The number of nitrogens with two attached hydrogens (primary N) is 1. The number of nitrogens with zero attached hydrogens (tertiary/aromatic N) is 1. The van der Waals surface area contributed by atoms with Crippen molar-refractivity contribution < 1.29 is 4.39 Å². The fraction of sp³-hybridized carbons (Fsp3) is 0.667. The summed E-state index contributed by atoms with van der Waals surface area (Å²) >= 11 is 0. The lowest BCUT2D eigenvalue weighted by Crippen LogP contribution is -2.52. The Morgan fingerprint density at radius 2 is 2.14 bits per heavy atom. The van der Waals surface area contributed by atoms with Gasteiger partial charge in [-0.05, 0) is 43.4 Å². The molecule has 1 aromatic rings. The molecule has 2 unspecified atom stereocenters. The molecule has 2 rings (SSSR count). The number of anilines is 1. The Bertz CT molecular complexity index is 449. The molecule has 0 radical (unpaired) electrons. The van der Waals surface area contributed by atoms with E-state index in [0.29, 0.717) is 6.54 Å². The van der Waals surface area contributed by atoms with Gasteiger partial charge in [-0.25, -0.2) is 4.39 Å². The van der Waals surface area contributed by atoms with Gasteiger partial charge < -0.3 is 10.6 Å². The molecule has 0 aromatic heterocycles. The molecule has 118 valence electrons. The van der Waals surface area contributed by atoms with E-state index in [4.69, 9.17) is 5.73 Å². The van der Waals surface area contributed by atoms with Crippen LogP contribution in [0.4, 0.5) is 10.1 Å². The Hall–Kier alpha value is -1.09. The van der Waals surface area contributed by atoms with E-state index in [-0.39, 0.29) is 11.4 Å². The molecule has 3 heteroatoms. The van der Waals surface area contributed by atoms with Crippen molar-refractivity contribution in [1.29, 1.82) is 0 Å². The topological polar surface area (TPSA) is 29.3 Å². The lowest BCUT2D eigenvalue weighted by molar-refractivity contribution is 0.350. The van der Waals surface area contributed by atoms with Gasteiger partial charge in [-0.1, -0.05) is 38.7 Å². The first-order chi connectivity index (χ1) is 10.1. The summed E-state index contributed by atoms with van der Waals surface area (Å²) in [7, 11) is 2.07. The summed E-state index contributed by atoms with van der Waals surface area (Å²) in [6.07, 6.45) is 8.58. The van der Waals surface area contributed by atoms with Gasteiger partial charge in [0.25, 0.3) is 0 Å². The summed E-state index contributed by atoms with van der Waals surface area (Å²) in [6, 6.07) is 6.87. The fourth-order valence-corrected chi connectivity index (χ4v) is 3.79. The van der Waals surface area contributed by atoms with E-state index in [2.05, 4.69) is 18.9 Å². The van der Waals surface area contributed by atoms with E-state index in [9.17, 15) is 4.39 Å². The second-order valence-electron chi connectivity index (χ2n) is 6.55. The summed E-state index contributed by atoms with van der Waals surface area (Å²) in [4.78, 5) is 2.23. The molecule has 2 N–H and O–H groups in total. The van der Waals surface area contributed by atoms with Gasteiger partial charge >= 0.3 is 0 Å². The molecule has 1 saturated carbocycles. The highest BCUT2D eigenvalue weighted by atomic mass is 19.1. The number of likely N-dealkylation sites (N-methyl/N-ethyl adjacent to an activating group) is 1. The summed E-state index contributed by atoms with van der Waals surface area (Å²) in [6.45, 7) is 2.90. The third-order valence-electron chi connectivity index (χ3n) is 5.26. The third-order valence-corrected chi connectivity index (χ3v) is 5.26. The minimum absolute atomic E-state index is 0.0176. The molecule has 1 aliphatic rings. The van der Waals surface area contributed by atoms with E-state index in [1.54, 1.807) is 12.1 Å². The predicted molar refractivity (Wildman–Crippen MR) is 88.1 cm³/mol. The largest absolute Gasteiger partial charge is 0.368 e.